The summed E-state index contributed by atoms with van der Waals surface area (Å²) in [7, 11) is 0.759. The lowest BCUT2D eigenvalue weighted by molar-refractivity contribution is 0.00578. The third-order valence-corrected chi connectivity index (χ3v) is 3.72. The van der Waals surface area contributed by atoms with Crippen molar-refractivity contribution in [2.24, 2.45) is 0 Å². The van der Waals surface area contributed by atoms with Crippen LogP contribution < -0.4 is 10.2 Å². The van der Waals surface area contributed by atoms with E-state index in [2.05, 4.69) is 0 Å². The number of hydrogen-bond donors (Lipinski definition) is 0. The fourth-order valence-corrected chi connectivity index (χ4v) is 1.88. The summed E-state index contributed by atoms with van der Waals surface area (Å²) in [6.45, 7) is 7.72. The molecule has 0 spiro atoms. The van der Waals surface area contributed by atoms with E-state index in [0.717, 1.165) is 0 Å². The molecule has 1 aromatic carbocycles. The maximum absolute atomic E-state index is 14.0. The molecule has 1 saturated heterocycles. The van der Waals surface area contributed by atoms with Crippen molar-refractivity contribution in [3.63, 3.8) is 0 Å². The maximum Gasteiger partial charge on any atom is 0.501 e. The summed E-state index contributed by atoms with van der Waals surface area (Å²) in [5.41, 5.74) is -0.672. The van der Waals surface area contributed by atoms with Crippen LogP contribution in [0.1, 0.15) is 27.7 Å². The Bertz CT molecular complexity index is 444. The van der Waals surface area contributed by atoms with E-state index in [0.29, 0.717) is 11.2 Å². The Balaban J connectivity index is 2.41. The van der Waals surface area contributed by atoms with Gasteiger partial charge in [-0.25, -0.2) is 4.39 Å². The molecular formula is C13H18BFO3. The van der Waals surface area contributed by atoms with E-state index in [4.69, 9.17) is 14.0 Å². The van der Waals surface area contributed by atoms with Crippen LogP contribution in [0.15, 0.2) is 18.2 Å². The molecule has 3 nitrogen and oxygen atoms in total. The molecule has 1 heterocycles. The second-order valence-corrected chi connectivity index (χ2v) is 5.44. The van der Waals surface area contributed by atoms with Gasteiger partial charge in [-0.05, 0) is 39.8 Å². The van der Waals surface area contributed by atoms with E-state index < -0.39 is 18.3 Å². The first-order valence-corrected chi connectivity index (χ1v) is 5.96. The summed E-state index contributed by atoms with van der Waals surface area (Å²) in [5, 5.41) is 0. The molecule has 0 amide bonds. The summed E-state index contributed by atoms with van der Waals surface area (Å²) in [6.07, 6.45) is 0. The lowest BCUT2D eigenvalue weighted by Gasteiger charge is -2.32. The van der Waals surface area contributed by atoms with E-state index in [9.17, 15) is 4.39 Å². The number of benzene rings is 1. The monoisotopic (exact) mass is 252 g/mol. The van der Waals surface area contributed by atoms with Gasteiger partial charge in [-0.3, -0.25) is 0 Å². The van der Waals surface area contributed by atoms with E-state index in [-0.39, 0.29) is 5.82 Å². The number of ether oxygens (including phenoxy) is 1. The van der Waals surface area contributed by atoms with Gasteiger partial charge in [-0.2, -0.15) is 0 Å². The highest BCUT2D eigenvalue weighted by molar-refractivity contribution is 6.63. The molecule has 0 aliphatic carbocycles. The second-order valence-electron chi connectivity index (χ2n) is 5.44. The lowest BCUT2D eigenvalue weighted by atomic mass is 9.78. The van der Waals surface area contributed by atoms with Gasteiger partial charge in [-0.15, -0.1) is 0 Å². The molecule has 1 aromatic rings. The molecule has 0 radical (unpaired) electrons. The SMILES string of the molecule is COc1cccc(F)c1B1OC(C)(C)C(C)(C)O1. The first-order chi connectivity index (χ1) is 8.28. The predicted molar refractivity (Wildman–Crippen MR) is 68.7 cm³/mol. The smallest absolute Gasteiger partial charge is 0.497 e. The van der Waals surface area contributed by atoms with Crippen LogP contribution in [0.25, 0.3) is 0 Å². The summed E-state index contributed by atoms with van der Waals surface area (Å²) < 4.78 is 30.8. The number of rotatable bonds is 2. The van der Waals surface area contributed by atoms with Crippen LogP contribution in [0.4, 0.5) is 4.39 Å². The Morgan fingerprint density at radius 3 is 2.17 bits per heavy atom. The third kappa shape index (κ3) is 2.02. The summed E-state index contributed by atoms with van der Waals surface area (Å²) in [4.78, 5) is 0. The van der Waals surface area contributed by atoms with Crippen LogP contribution in [-0.4, -0.2) is 25.4 Å². The highest BCUT2D eigenvalue weighted by Crippen LogP contribution is 2.37. The van der Waals surface area contributed by atoms with Gasteiger partial charge in [0.1, 0.15) is 11.6 Å². The predicted octanol–water partition coefficient (Wildman–Crippen LogP) is 2.13. The molecule has 1 aliphatic rings. The van der Waals surface area contributed by atoms with Crippen molar-refractivity contribution in [2.75, 3.05) is 7.11 Å². The molecule has 0 bridgehead atoms. The maximum atomic E-state index is 14.0. The van der Waals surface area contributed by atoms with Crippen LogP contribution in [0.2, 0.25) is 0 Å². The van der Waals surface area contributed by atoms with Crippen molar-refractivity contribution >= 4 is 12.6 Å². The Morgan fingerprint density at radius 1 is 1.11 bits per heavy atom. The highest BCUT2D eigenvalue weighted by atomic mass is 19.1. The zero-order valence-corrected chi connectivity index (χ0v) is 11.4. The molecular weight excluding hydrogens is 234 g/mol. The summed E-state index contributed by atoms with van der Waals surface area (Å²) in [5.74, 6) is 0.0568. The molecule has 0 atom stereocenters. The van der Waals surface area contributed by atoms with Gasteiger partial charge in [-0.1, -0.05) is 6.07 Å². The molecule has 1 fully saturated rings. The molecule has 0 saturated carbocycles. The van der Waals surface area contributed by atoms with Crippen LogP contribution in [0.3, 0.4) is 0 Å². The van der Waals surface area contributed by atoms with Crippen LogP contribution in [0, 0.1) is 5.82 Å². The molecule has 0 unspecified atom stereocenters. The minimum absolute atomic E-state index is 0.318. The Kier molecular flexibility index (Phi) is 3.15. The van der Waals surface area contributed by atoms with Crippen molar-refractivity contribution in [1.29, 1.82) is 0 Å². The van der Waals surface area contributed by atoms with Gasteiger partial charge >= 0.3 is 7.12 Å². The number of hydrogen-bond acceptors (Lipinski definition) is 3. The van der Waals surface area contributed by atoms with Gasteiger partial charge in [0.05, 0.1) is 23.8 Å². The van der Waals surface area contributed by atoms with Crippen LogP contribution in [-0.2, 0) is 9.31 Å². The fourth-order valence-electron chi connectivity index (χ4n) is 1.88. The lowest BCUT2D eigenvalue weighted by Crippen LogP contribution is -2.41. The molecule has 1 aliphatic heterocycles. The average molecular weight is 252 g/mol. The van der Waals surface area contributed by atoms with Crippen molar-refractivity contribution in [3.8, 4) is 5.75 Å². The first kappa shape index (κ1) is 13.4. The van der Waals surface area contributed by atoms with Crippen LogP contribution in [0.5, 0.6) is 5.75 Å². The first-order valence-electron chi connectivity index (χ1n) is 5.96. The van der Waals surface area contributed by atoms with E-state index in [1.165, 1.54) is 13.2 Å². The average Bonchev–Trinajstić information content (AvgIpc) is 2.47. The standard InChI is InChI=1S/C13H18BFO3/c1-12(2)13(3,4)18-14(17-12)11-9(15)7-6-8-10(11)16-5/h6-8H,1-5H3. The quantitative estimate of drug-likeness (QED) is 0.754. The molecule has 0 N–H and O–H groups in total. The molecule has 0 aromatic heterocycles. The number of methoxy groups -OCH3 is 1. The van der Waals surface area contributed by atoms with Gasteiger partial charge in [0.2, 0.25) is 0 Å². The minimum atomic E-state index is -0.744. The summed E-state index contributed by atoms with van der Waals surface area (Å²) in [6, 6.07) is 4.68. The van der Waals surface area contributed by atoms with Crippen molar-refractivity contribution < 1.29 is 18.4 Å². The third-order valence-electron chi connectivity index (χ3n) is 3.72. The fraction of sp³-hybridized carbons (Fsp3) is 0.538. The Hall–Kier alpha value is -1.07. The zero-order chi connectivity index (χ0) is 13.6. The van der Waals surface area contributed by atoms with Gasteiger partial charge < -0.3 is 14.0 Å². The summed E-state index contributed by atoms with van der Waals surface area (Å²) >= 11 is 0. The van der Waals surface area contributed by atoms with Gasteiger partial charge in [0, 0.05) is 0 Å². The molecule has 2 rings (SSSR count). The Labute approximate surface area is 107 Å². The molecule has 18 heavy (non-hydrogen) atoms. The van der Waals surface area contributed by atoms with E-state index in [1.807, 2.05) is 27.7 Å². The Morgan fingerprint density at radius 2 is 1.67 bits per heavy atom. The zero-order valence-electron chi connectivity index (χ0n) is 11.4. The number of halogens is 1. The van der Waals surface area contributed by atoms with Gasteiger partial charge in [0.15, 0.2) is 0 Å². The second kappa shape index (κ2) is 4.25. The molecule has 98 valence electrons. The van der Waals surface area contributed by atoms with E-state index >= 15 is 0 Å². The molecule has 5 heteroatoms. The van der Waals surface area contributed by atoms with Crippen LogP contribution >= 0.6 is 0 Å². The minimum Gasteiger partial charge on any atom is -0.497 e. The van der Waals surface area contributed by atoms with Crippen molar-refractivity contribution in [3.05, 3.63) is 24.0 Å². The highest BCUT2D eigenvalue weighted by Gasteiger charge is 2.53. The van der Waals surface area contributed by atoms with Crippen molar-refractivity contribution in [1.82, 2.24) is 0 Å². The van der Waals surface area contributed by atoms with E-state index in [1.54, 1.807) is 12.1 Å². The van der Waals surface area contributed by atoms with Crippen molar-refractivity contribution in [2.45, 2.75) is 38.9 Å². The topological polar surface area (TPSA) is 27.7 Å². The van der Waals surface area contributed by atoms with Gasteiger partial charge in [0.25, 0.3) is 0 Å². The normalized spacial score (nSPS) is 21.1. The largest absolute Gasteiger partial charge is 0.501 e.